The van der Waals surface area contributed by atoms with Crippen LogP contribution in [0.25, 0.3) is 0 Å². The smallest absolute Gasteiger partial charge is 0.313 e. The van der Waals surface area contributed by atoms with Crippen LogP contribution in [0.4, 0.5) is 5.69 Å². The summed E-state index contributed by atoms with van der Waals surface area (Å²) in [6.45, 7) is -0.385. The van der Waals surface area contributed by atoms with Crippen molar-refractivity contribution in [1.29, 1.82) is 5.41 Å². The summed E-state index contributed by atoms with van der Waals surface area (Å²) in [5.74, 6) is -2.94. The molecule has 33 heavy (non-hydrogen) atoms. The maximum Gasteiger partial charge on any atom is 0.313 e. The summed E-state index contributed by atoms with van der Waals surface area (Å²) >= 11 is 3.21. The molecule has 11 nitrogen and oxygen atoms in total. The van der Waals surface area contributed by atoms with E-state index in [1.165, 1.54) is 32.4 Å². The van der Waals surface area contributed by atoms with Gasteiger partial charge < -0.3 is 36.3 Å². The van der Waals surface area contributed by atoms with Crippen LogP contribution in [0, 0.1) is 5.41 Å². The highest BCUT2D eigenvalue weighted by Crippen LogP contribution is 2.33. The fraction of sp³-hybridized carbons (Fsp3) is 0.238. The zero-order valence-corrected chi connectivity index (χ0v) is 19.4. The molecule has 7 N–H and O–H groups in total. The van der Waals surface area contributed by atoms with Gasteiger partial charge in [0, 0.05) is 11.3 Å². The predicted molar refractivity (Wildman–Crippen MR) is 125 cm³/mol. The summed E-state index contributed by atoms with van der Waals surface area (Å²) in [5.41, 5.74) is 6.34. The lowest BCUT2D eigenvalue weighted by molar-refractivity contribution is -0.139. The number of methoxy groups -OCH3 is 2. The molecule has 0 heterocycles. The average molecular weight is 522 g/mol. The Morgan fingerprint density at radius 3 is 2.42 bits per heavy atom. The van der Waals surface area contributed by atoms with Crippen molar-refractivity contribution in [1.82, 2.24) is 10.6 Å². The number of carboxylic acid groups (broad SMARTS) is 1. The third-order valence-electron chi connectivity index (χ3n) is 4.44. The molecular weight excluding hydrogens is 498 g/mol. The molecular formula is C21H24BrN5O6. The molecule has 0 aliphatic carbocycles. The van der Waals surface area contributed by atoms with E-state index in [0.717, 1.165) is 0 Å². The highest BCUT2D eigenvalue weighted by atomic mass is 79.9. The molecule has 12 heteroatoms. The van der Waals surface area contributed by atoms with Crippen LogP contribution in [0.2, 0.25) is 0 Å². The summed E-state index contributed by atoms with van der Waals surface area (Å²) in [5, 5.41) is 24.5. The maximum atomic E-state index is 12.3. The number of carboxylic acids is 1. The lowest BCUT2D eigenvalue weighted by Gasteiger charge is -2.21. The van der Waals surface area contributed by atoms with E-state index in [0.29, 0.717) is 22.7 Å². The van der Waals surface area contributed by atoms with E-state index in [1.807, 2.05) is 0 Å². The van der Waals surface area contributed by atoms with Gasteiger partial charge in [-0.1, -0.05) is 28.1 Å². The fourth-order valence-electron chi connectivity index (χ4n) is 2.93. The number of carbonyl (C=O) groups is 3. The van der Waals surface area contributed by atoms with Crippen LogP contribution in [0.3, 0.4) is 0 Å². The first-order valence-corrected chi connectivity index (χ1v) is 10.4. The van der Waals surface area contributed by atoms with E-state index in [-0.39, 0.29) is 18.1 Å². The van der Waals surface area contributed by atoms with Crippen molar-refractivity contribution in [3.63, 3.8) is 0 Å². The summed E-state index contributed by atoms with van der Waals surface area (Å²) in [7, 11) is 2.89. The maximum absolute atomic E-state index is 12.3. The van der Waals surface area contributed by atoms with Crippen LogP contribution in [0.5, 0.6) is 11.5 Å². The molecule has 0 radical (unpaired) electrons. The monoisotopic (exact) mass is 521 g/mol. The first-order chi connectivity index (χ1) is 15.7. The Morgan fingerprint density at radius 1 is 1.12 bits per heavy atom. The van der Waals surface area contributed by atoms with E-state index in [1.54, 1.807) is 24.3 Å². The molecule has 2 unspecified atom stereocenters. The van der Waals surface area contributed by atoms with Crippen molar-refractivity contribution in [2.24, 2.45) is 5.73 Å². The second-order valence-corrected chi connectivity index (χ2v) is 7.69. The van der Waals surface area contributed by atoms with Gasteiger partial charge in [0.1, 0.15) is 10.9 Å². The average Bonchev–Trinajstić information content (AvgIpc) is 2.76. The standard InChI is InChI=1S/C21H24BrN5O6/c1-32-14-7-6-11(9-15(14)33-2)17(20(30)31)18(22)27-16(28)10-25-19(29)12-4-3-5-13(8-12)26-21(23)24/h3-9,17-18H,10H2,1-2H3,(H,25,29)(H,27,28)(H,30,31)(H4,23,24,26). The number of halogens is 1. The molecule has 0 aliphatic rings. The van der Waals surface area contributed by atoms with Crippen molar-refractivity contribution in [2.45, 2.75) is 10.9 Å². The van der Waals surface area contributed by atoms with E-state index in [4.69, 9.17) is 20.6 Å². The largest absolute Gasteiger partial charge is 0.493 e. The summed E-state index contributed by atoms with van der Waals surface area (Å²) < 4.78 is 10.4. The first kappa shape index (κ1) is 25.5. The van der Waals surface area contributed by atoms with E-state index in [9.17, 15) is 19.5 Å². The Hall–Kier alpha value is -3.80. The topological polar surface area (TPSA) is 176 Å². The quantitative estimate of drug-likeness (QED) is 0.118. The molecule has 0 spiro atoms. The minimum atomic E-state index is -1.18. The van der Waals surface area contributed by atoms with Crippen LogP contribution in [-0.2, 0) is 9.59 Å². The minimum absolute atomic E-state index is 0.248. The lowest BCUT2D eigenvalue weighted by Crippen LogP contribution is -2.43. The molecule has 176 valence electrons. The number of anilines is 1. The number of hydrogen-bond acceptors (Lipinski definition) is 6. The van der Waals surface area contributed by atoms with Gasteiger partial charge in [-0.25, -0.2) is 0 Å². The summed E-state index contributed by atoms with van der Waals surface area (Å²) in [6.07, 6.45) is 0. The van der Waals surface area contributed by atoms with E-state index < -0.39 is 28.7 Å². The molecule has 2 amide bonds. The number of aliphatic carboxylic acids is 1. The zero-order chi connectivity index (χ0) is 24.5. The van der Waals surface area contributed by atoms with Crippen LogP contribution >= 0.6 is 15.9 Å². The van der Waals surface area contributed by atoms with Crippen LogP contribution < -0.4 is 31.2 Å². The molecule has 2 atom stereocenters. The number of nitrogens with two attached hydrogens (primary N) is 1. The number of guanidine groups is 1. The zero-order valence-electron chi connectivity index (χ0n) is 17.8. The number of rotatable bonds is 10. The Balaban J connectivity index is 2.02. The lowest BCUT2D eigenvalue weighted by atomic mass is 9.98. The molecule has 2 aromatic rings. The van der Waals surface area contributed by atoms with E-state index >= 15 is 0 Å². The first-order valence-electron chi connectivity index (χ1n) is 9.53. The van der Waals surface area contributed by atoms with Gasteiger partial charge in [0.2, 0.25) is 5.91 Å². The Morgan fingerprint density at radius 2 is 1.82 bits per heavy atom. The number of benzene rings is 2. The Bertz CT molecular complexity index is 1050. The van der Waals surface area contributed by atoms with Crippen molar-refractivity contribution in [3.05, 3.63) is 53.6 Å². The molecule has 0 bridgehead atoms. The number of amides is 2. The third-order valence-corrected chi connectivity index (χ3v) is 5.20. The minimum Gasteiger partial charge on any atom is -0.493 e. The van der Waals surface area contributed by atoms with Gasteiger partial charge in [0.15, 0.2) is 17.5 Å². The Kier molecular flexibility index (Phi) is 9.04. The Labute approximate surface area is 198 Å². The van der Waals surface area contributed by atoms with Crippen molar-refractivity contribution in [3.8, 4) is 11.5 Å². The van der Waals surface area contributed by atoms with Gasteiger partial charge in [-0.15, -0.1) is 0 Å². The van der Waals surface area contributed by atoms with Gasteiger partial charge in [-0.2, -0.15) is 0 Å². The molecule has 2 rings (SSSR count). The summed E-state index contributed by atoms with van der Waals surface area (Å²) in [6, 6.07) is 10.9. The van der Waals surface area contributed by atoms with Crippen LogP contribution in [0.1, 0.15) is 21.8 Å². The highest BCUT2D eigenvalue weighted by molar-refractivity contribution is 9.09. The van der Waals surface area contributed by atoms with Gasteiger partial charge in [-0.05, 0) is 35.9 Å². The van der Waals surface area contributed by atoms with Crippen molar-refractivity contribution >= 4 is 45.4 Å². The normalized spacial score (nSPS) is 12.1. The number of carbonyl (C=O) groups excluding carboxylic acids is 2. The van der Waals surface area contributed by atoms with Gasteiger partial charge in [0.05, 0.1) is 20.8 Å². The number of hydrogen-bond donors (Lipinski definition) is 6. The number of ether oxygens (including phenoxy) is 2. The van der Waals surface area contributed by atoms with Crippen LogP contribution in [0.15, 0.2) is 42.5 Å². The molecule has 0 saturated carbocycles. The highest BCUT2D eigenvalue weighted by Gasteiger charge is 2.30. The number of nitrogens with one attached hydrogen (secondary N) is 4. The van der Waals surface area contributed by atoms with Crippen molar-refractivity contribution in [2.75, 3.05) is 26.1 Å². The molecule has 2 aromatic carbocycles. The third kappa shape index (κ3) is 7.10. The number of alkyl halides is 1. The van der Waals surface area contributed by atoms with Gasteiger partial charge in [0.25, 0.3) is 5.91 Å². The molecule has 0 fully saturated rings. The SMILES string of the molecule is COc1ccc(C(C(=O)O)C(Br)NC(=O)CNC(=O)c2cccc(NC(=N)N)c2)cc1OC. The van der Waals surface area contributed by atoms with Crippen molar-refractivity contribution < 1.29 is 29.0 Å². The summed E-state index contributed by atoms with van der Waals surface area (Å²) in [4.78, 5) is 35.6. The molecule has 0 aromatic heterocycles. The molecule has 0 aliphatic heterocycles. The second-order valence-electron chi connectivity index (χ2n) is 6.70. The molecule has 0 saturated heterocycles. The van der Waals surface area contributed by atoms with Gasteiger partial charge in [-0.3, -0.25) is 19.8 Å². The van der Waals surface area contributed by atoms with Gasteiger partial charge >= 0.3 is 5.97 Å². The van der Waals surface area contributed by atoms with E-state index in [2.05, 4.69) is 31.9 Å². The second kappa shape index (κ2) is 11.7. The predicted octanol–water partition coefficient (Wildman–Crippen LogP) is 1.44. The fourth-order valence-corrected chi connectivity index (χ4v) is 3.71. The van der Waals surface area contributed by atoms with Crippen LogP contribution in [-0.4, -0.2) is 54.6 Å².